The molecule has 1 aromatic heterocycles. The summed E-state index contributed by atoms with van der Waals surface area (Å²) in [5.41, 5.74) is 17.6. The normalized spacial score (nSPS) is 15.3. The number of esters is 1. The standard InChI is InChI=1S/C37H44FN7O2S/c1-5-6-7-8-9-22-47-37(46)35-23-26-10-20-33(25(2)36(26)48-35)43-42-30-17-21-34(32(38)24-30)44-41-28-13-11-27(12-14-28)39-40-29-15-18-31(19-16-29)45(3)4/h10-21,23-25,33,41-44H,5-9,22H2,1-4H3. The van der Waals surface area contributed by atoms with Crippen LogP contribution in [0, 0.1) is 5.82 Å². The molecular formula is C37H44FN7O2S. The summed E-state index contributed by atoms with van der Waals surface area (Å²) in [4.78, 5) is 16.4. The van der Waals surface area contributed by atoms with Crippen LogP contribution in [0.25, 0.3) is 6.08 Å². The van der Waals surface area contributed by atoms with E-state index in [1.54, 1.807) is 12.1 Å². The molecule has 48 heavy (non-hydrogen) atoms. The minimum absolute atomic E-state index is 0.0488. The van der Waals surface area contributed by atoms with Gasteiger partial charge in [-0.15, -0.1) is 11.3 Å². The predicted molar refractivity (Wildman–Crippen MR) is 196 cm³/mol. The summed E-state index contributed by atoms with van der Waals surface area (Å²) in [7, 11) is 3.98. The Hall–Kier alpha value is -4.74. The number of nitrogens with one attached hydrogen (secondary N) is 4. The molecule has 3 aromatic carbocycles. The summed E-state index contributed by atoms with van der Waals surface area (Å²) < 4.78 is 20.5. The van der Waals surface area contributed by atoms with Crippen LogP contribution in [-0.4, -0.2) is 32.7 Å². The highest BCUT2D eigenvalue weighted by atomic mass is 32.1. The lowest BCUT2D eigenvalue weighted by Gasteiger charge is -2.26. The number of anilines is 4. The summed E-state index contributed by atoms with van der Waals surface area (Å²) >= 11 is 1.48. The first-order valence-electron chi connectivity index (χ1n) is 16.4. The Morgan fingerprint density at radius 1 is 0.875 bits per heavy atom. The van der Waals surface area contributed by atoms with Crippen LogP contribution in [0.1, 0.15) is 72.0 Å². The molecule has 9 nitrogen and oxygen atoms in total. The first-order chi connectivity index (χ1) is 23.3. The Bertz CT molecular complexity index is 1700. The lowest BCUT2D eigenvalue weighted by Crippen LogP contribution is -2.37. The van der Waals surface area contributed by atoms with Gasteiger partial charge in [0.1, 0.15) is 10.7 Å². The fourth-order valence-electron chi connectivity index (χ4n) is 5.20. The molecule has 0 radical (unpaired) electrons. The molecule has 0 fully saturated rings. The second kappa shape index (κ2) is 16.9. The highest BCUT2D eigenvalue weighted by molar-refractivity contribution is 7.14. The van der Waals surface area contributed by atoms with Crippen molar-refractivity contribution >= 4 is 57.5 Å². The van der Waals surface area contributed by atoms with Crippen molar-refractivity contribution in [3.8, 4) is 0 Å². The van der Waals surface area contributed by atoms with E-state index in [4.69, 9.17) is 4.74 Å². The van der Waals surface area contributed by atoms with Gasteiger partial charge in [-0.2, -0.15) is 10.2 Å². The molecule has 0 bridgehead atoms. The van der Waals surface area contributed by atoms with Crippen molar-refractivity contribution < 1.29 is 13.9 Å². The number of azo groups is 1. The molecule has 4 aromatic rings. The fourth-order valence-corrected chi connectivity index (χ4v) is 6.34. The molecule has 2 unspecified atom stereocenters. The number of benzene rings is 3. The first kappa shape index (κ1) is 34.6. The van der Waals surface area contributed by atoms with E-state index in [0.717, 1.165) is 40.3 Å². The van der Waals surface area contributed by atoms with E-state index in [1.807, 2.05) is 79.7 Å². The molecule has 5 rings (SSSR count). The molecule has 2 atom stereocenters. The van der Waals surface area contributed by atoms with Crippen LogP contribution in [0.15, 0.2) is 89.1 Å². The maximum Gasteiger partial charge on any atom is 0.348 e. The number of carbonyl (C=O) groups is 1. The van der Waals surface area contributed by atoms with Gasteiger partial charge >= 0.3 is 5.97 Å². The monoisotopic (exact) mass is 669 g/mol. The summed E-state index contributed by atoms with van der Waals surface area (Å²) in [6.45, 7) is 4.75. The molecular weight excluding hydrogens is 626 g/mol. The summed E-state index contributed by atoms with van der Waals surface area (Å²) in [5.74, 6) is -0.565. The van der Waals surface area contributed by atoms with E-state index >= 15 is 0 Å². The van der Waals surface area contributed by atoms with Crippen molar-refractivity contribution in [1.29, 1.82) is 0 Å². The van der Waals surface area contributed by atoms with Gasteiger partial charge < -0.3 is 20.5 Å². The van der Waals surface area contributed by atoms with Crippen molar-refractivity contribution in [2.24, 2.45) is 10.2 Å². The number of halogens is 1. The average molecular weight is 670 g/mol. The second-order valence-corrected chi connectivity index (χ2v) is 13.1. The zero-order chi connectivity index (χ0) is 33.9. The topological polar surface area (TPSA) is 102 Å². The minimum atomic E-state index is -0.415. The molecule has 0 aliphatic heterocycles. The van der Waals surface area contributed by atoms with Gasteiger partial charge in [-0.25, -0.2) is 14.6 Å². The average Bonchev–Trinajstić information content (AvgIpc) is 3.54. The van der Waals surface area contributed by atoms with Gasteiger partial charge in [0.05, 0.1) is 41.1 Å². The van der Waals surface area contributed by atoms with E-state index in [2.05, 4.69) is 51.9 Å². The number of nitrogens with zero attached hydrogens (tertiary/aromatic N) is 3. The maximum atomic E-state index is 15.0. The van der Waals surface area contributed by atoms with Gasteiger partial charge in [-0.05, 0) is 78.7 Å². The van der Waals surface area contributed by atoms with Crippen molar-refractivity contribution in [2.45, 2.75) is 57.9 Å². The smallest absolute Gasteiger partial charge is 0.348 e. The molecule has 0 saturated carbocycles. The zero-order valence-electron chi connectivity index (χ0n) is 27.9. The number of ether oxygens (including phenoxy) is 1. The Morgan fingerprint density at radius 3 is 2.25 bits per heavy atom. The van der Waals surface area contributed by atoms with Crippen LogP contribution in [0.4, 0.5) is 38.5 Å². The van der Waals surface area contributed by atoms with Crippen molar-refractivity contribution in [2.75, 3.05) is 41.9 Å². The molecule has 0 saturated heterocycles. The van der Waals surface area contributed by atoms with E-state index in [-0.39, 0.29) is 17.9 Å². The van der Waals surface area contributed by atoms with Crippen LogP contribution in [0.2, 0.25) is 0 Å². The zero-order valence-corrected chi connectivity index (χ0v) is 28.7. The van der Waals surface area contributed by atoms with Crippen LogP contribution in [0.3, 0.4) is 0 Å². The predicted octanol–water partition coefficient (Wildman–Crippen LogP) is 10.1. The fraction of sp³-hybridized carbons (Fsp3) is 0.324. The van der Waals surface area contributed by atoms with Crippen molar-refractivity contribution in [3.63, 3.8) is 0 Å². The molecule has 1 heterocycles. The van der Waals surface area contributed by atoms with Gasteiger partial charge in [0.15, 0.2) is 0 Å². The molecule has 0 spiro atoms. The number of hydrogen-bond donors (Lipinski definition) is 4. The van der Waals surface area contributed by atoms with E-state index in [1.165, 1.54) is 36.7 Å². The van der Waals surface area contributed by atoms with Crippen molar-refractivity contribution in [1.82, 2.24) is 5.43 Å². The summed E-state index contributed by atoms with van der Waals surface area (Å²) in [6, 6.07) is 21.9. The molecule has 1 aliphatic carbocycles. The number of hydrogen-bond acceptors (Lipinski definition) is 10. The number of carbonyl (C=O) groups excluding carboxylic acids is 1. The Labute approximate surface area is 286 Å². The third kappa shape index (κ3) is 9.42. The molecule has 252 valence electrons. The third-order valence-electron chi connectivity index (χ3n) is 8.12. The lowest BCUT2D eigenvalue weighted by molar-refractivity contribution is 0.0503. The van der Waals surface area contributed by atoms with E-state index < -0.39 is 5.82 Å². The van der Waals surface area contributed by atoms with Crippen LogP contribution < -0.4 is 26.6 Å². The number of unbranched alkanes of at least 4 members (excludes halogenated alkanes) is 4. The largest absolute Gasteiger partial charge is 0.462 e. The minimum Gasteiger partial charge on any atom is -0.462 e. The lowest BCUT2D eigenvalue weighted by atomic mass is 9.92. The quantitative estimate of drug-likeness (QED) is 0.0408. The second-order valence-electron chi connectivity index (χ2n) is 12.0. The van der Waals surface area contributed by atoms with Gasteiger partial charge in [0.2, 0.25) is 0 Å². The summed E-state index contributed by atoms with van der Waals surface area (Å²) in [5, 5.41) is 8.59. The Kier molecular flexibility index (Phi) is 12.2. The van der Waals surface area contributed by atoms with Crippen LogP contribution in [0.5, 0.6) is 0 Å². The highest BCUT2D eigenvalue weighted by Gasteiger charge is 2.26. The van der Waals surface area contributed by atoms with Gasteiger partial charge in [0, 0.05) is 36.6 Å². The van der Waals surface area contributed by atoms with Crippen LogP contribution >= 0.6 is 11.3 Å². The Morgan fingerprint density at radius 2 is 1.56 bits per heavy atom. The Balaban J connectivity index is 1.07. The molecule has 0 amide bonds. The van der Waals surface area contributed by atoms with Gasteiger partial charge in [0.25, 0.3) is 0 Å². The number of rotatable bonds is 16. The van der Waals surface area contributed by atoms with Gasteiger partial charge in [-0.1, -0.05) is 51.7 Å². The number of hydrazine groups is 2. The maximum absolute atomic E-state index is 15.0. The molecule has 1 aliphatic rings. The molecule has 11 heteroatoms. The van der Waals surface area contributed by atoms with Crippen molar-refractivity contribution in [3.05, 3.63) is 100 Å². The first-order valence-corrected chi connectivity index (χ1v) is 17.2. The number of thiophene rings is 1. The third-order valence-corrected chi connectivity index (χ3v) is 9.45. The van der Waals surface area contributed by atoms with Crippen LogP contribution in [-0.2, 0) is 4.74 Å². The highest BCUT2D eigenvalue weighted by Crippen LogP contribution is 2.37. The molecule has 4 N–H and O–H groups in total. The van der Waals surface area contributed by atoms with E-state index in [0.29, 0.717) is 28.5 Å². The SMILES string of the molecule is CCCCCCCOC(=O)c1cc2c(s1)C(C)C(NNc1ccc(NNc3ccc(N=Nc4ccc(N(C)C)cc4)cc3)c(F)c1)C=C2. The number of fused-ring (bicyclic) bond motifs is 1. The van der Waals surface area contributed by atoms with Gasteiger partial charge in [-0.3, -0.25) is 5.43 Å². The summed E-state index contributed by atoms with van der Waals surface area (Å²) in [6.07, 6.45) is 9.64. The van der Waals surface area contributed by atoms with E-state index in [9.17, 15) is 9.18 Å².